The van der Waals surface area contributed by atoms with Gasteiger partial charge in [-0.2, -0.15) is 5.21 Å². The van der Waals surface area contributed by atoms with Crippen molar-refractivity contribution < 1.29 is 0 Å². The van der Waals surface area contributed by atoms with E-state index in [2.05, 4.69) is 20.5 Å². The average molecular weight is 207 g/mol. The second-order valence-corrected chi connectivity index (χ2v) is 3.30. The molecule has 14 heavy (non-hydrogen) atoms. The highest BCUT2D eigenvalue weighted by atomic mass is 32.1. The van der Waals surface area contributed by atoms with Gasteiger partial charge in [-0.05, 0) is 30.8 Å². The number of nitrogens with zero attached hydrogens (tertiary/aromatic N) is 4. The third-order valence-corrected chi connectivity index (χ3v) is 2.26. The fraction of sp³-hybridized carbons (Fsp3) is 0.250. The zero-order valence-electron chi connectivity index (χ0n) is 7.64. The number of hydrogen-bond acceptors (Lipinski definition) is 4. The van der Waals surface area contributed by atoms with Gasteiger partial charge in [0, 0.05) is 6.20 Å². The topological polar surface area (TPSA) is 59.4 Å². The molecule has 0 aliphatic heterocycles. The van der Waals surface area contributed by atoms with Crippen LogP contribution in [0.2, 0.25) is 0 Å². The van der Waals surface area contributed by atoms with Crippen molar-refractivity contribution in [3.8, 4) is 0 Å². The first-order valence-electron chi connectivity index (χ1n) is 4.16. The van der Waals surface area contributed by atoms with Gasteiger partial charge in [0.2, 0.25) is 4.77 Å². The molecule has 0 aliphatic carbocycles. The lowest BCUT2D eigenvalue weighted by atomic mass is 10.2. The molecular weight excluding hydrogens is 198 g/mol. The van der Waals surface area contributed by atoms with Crippen LogP contribution < -0.4 is 0 Å². The number of tetrazole rings is 1. The molecule has 0 unspecified atom stereocenters. The molecule has 2 rings (SSSR count). The van der Waals surface area contributed by atoms with Crippen molar-refractivity contribution in [1.29, 1.82) is 0 Å². The summed E-state index contributed by atoms with van der Waals surface area (Å²) in [5.74, 6) is 0. The van der Waals surface area contributed by atoms with Gasteiger partial charge in [-0.25, -0.2) is 4.68 Å². The minimum atomic E-state index is 0.440. The average Bonchev–Trinajstić information content (AvgIpc) is 2.56. The summed E-state index contributed by atoms with van der Waals surface area (Å²) in [4.78, 5) is 4.25. The maximum atomic E-state index is 4.96. The molecule has 0 aromatic carbocycles. The van der Waals surface area contributed by atoms with Crippen LogP contribution in [-0.2, 0) is 6.54 Å². The van der Waals surface area contributed by atoms with Gasteiger partial charge in [-0.3, -0.25) is 4.98 Å². The standard InChI is InChI=1S/C8H9N5S/c1-6-3-2-4-9-7(6)5-13-8(14)10-11-12-13/h2-4H,5H2,1H3,(H,10,12,14). The number of rotatable bonds is 2. The summed E-state index contributed by atoms with van der Waals surface area (Å²) in [6.07, 6.45) is 1.76. The monoisotopic (exact) mass is 207 g/mol. The molecule has 5 nitrogen and oxygen atoms in total. The van der Waals surface area contributed by atoms with Crippen LogP contribution in [0, 0.1) is 11.7 Å². The molecule has 0 fully saturated rings. The van der Waals surface area contributed by atoms with Gasteiger partial charge < -0.3 is 0 Å². The Morgan fingerprint density at radius 1 is 1.57 bits per heavy atom. The fourth-order valence-corrected chi connectivity index (χ4v) is 1.30. The molecule has 0 radical (unpaired) electrons. The van der Waals surface area contributed by atoms with Crippen LogP contribution in [0.25, 0.3) is 0 Å². The SMILES string of the molecule is Cc1cccnc1Cn1[nH]nnc1=S. The smallest absolute Gasteiger partial charge is 0.238 e. The third-order valence-electron chi connectivity index (χ3n) is 1.96. The quantitative estimate of drug-likeness (QED) is 0.749. The van der Waals surface area contributed by atoms with E-state index in [1.54, 1.807) is 10.9 Å². The van der Waals surface area contributed by atoms with E-state index in [9.17, 15) is 0 Å². The van der Waals surface area contributed by atoms with E-state index < -0.39 is 0 Å². The Bertz CT molecular complexity index is 486. The number of aromatic nitrogens is 5. The van der Waals surface area contributed by atoms with Crippen LogP contribution in [0.4, 0.5) is 0 Å². The molecule has 0 atom stereocenters. The number of aromatic amines is 1. The zero-order chi connectivity index (χ0) is 9.97. The Morgan fingerprint density at radius 3 is 3.07 bits per heavy atom. The summed E-state index contributed by atoms with van der Waals surface area (Å²) in [7, 11) is 0. The normalized spacial score (nSPS) is 10.4. The first-order valence-corrected chi connectivity index (χ1v) is 4.56. The molecule has 1 N–H and O–H groups in total. The Labute approximate surface area is 85.8 Å². The summed E-state index contributed by atoms with van der Waals surface area (Å²) in [6.45, 7) is 2.59. The summed E-state index contributed by atoms with van der Waals surface area (Å²) in [5, 5.41) is 9.98. The molecule has 6 heteroatoms. The van der Waals surface area contributed by atoms with Crippen molar-refractivity contribution in [2.24, 2.45) is 0 Å². The molecular formula is C8H9N5S. The minimum absolute atomic E-state index is 0.440. The van der Waals surface area contributed by atoms with E-state index in [1.807, 2.05) is 19.1 Å². The number of H-pyrrole nitrogens is 1. The summed E-state index contributed by atoms with van der Waals surface area (Å²) in [6, 6.07) is 3.92. The van der Waals surface area contributed by atoms with E-state index in [0.29, 0.717) is 11.3 Å². The predicted molar refractivity (Wildman–Crippen MR) is 53.3 cm³/mol. The van der Waals surface area contributed by atoms with Crippen molar-refractivity contribution in [2.75, 3.05) is 0 Å². The highest BCUT2D eigenvalue weighted by Crippen LogP contribution is 2.04. The first kappa shape index (κ1) is 9.01. The fourth-order valence-electron chi connectivity index (χ4n) is 1.15. The lowest BCUT2D eigenvalue weighted by Gasteiger charge is -2.03. The minimum Gasteiger partial charge on any atom is -0.259 e. The van der Waals surface area contributed by atoms with Crippen molar-refractivity contribution in [2.45, 2.75) is 13.5 Å². The zero-order valence-corrected chi connectivity index (χ0v) is 8.45. The van der Waals surface area contributed by atoms with Crippen molar-refractivity contribution in [3.63, 3.8) is 0 Å². The first-order chi connectivity index (χ1) is 6.77. The second kappa shape index (κ2) is 3.67. The predicted octanol–water partition coefficient (Wildman–Crippen LogP) is 1.09. The van der Waals surface area contributed by atoms with Gasteiger partial charge in [0.25, 0.3) is 0 Å². The lowest BCUT2D eigenvalue weighted by Crippen LogP contribution is -2.05. The maximum Gasteiger partial charge on any atom is 0.238 e. The Morgan fingerprint density at radius 2 is 2.43 bits per heavy atom. The second-order valence-electron chi connectivity index (χ2n) is 2.94. The molecule has 2 heterocycles. The molecule has 2 aromatic heterocycles. The van der Waals surface area contributed by atoms with Gasteiger partial charge in [-0.1, -0.05) is 16.4 Å². The number of nitrogens with one attached hydrogen (secondary N) is 1. The van der Waals surface area contributed by atoms with Crippen LogP contribution in [0.5, 0.6) is 0 Å². The number of hydrogen-bond donors (Lipinski definition) is 1. The molecule has 2 aromatic rings. The molecule has 0 saturated carbocycles. The van der Waals surface area contributed by atoms with Gasteiger partial charge in [-0.15, -0.1) is 0 Å². The van der Waals surface area contributed by atoms with Crippen molar-refractivity contribution in [1.82, 2.24) is 25.2 Å². The lowest BCUT2D eigenvalue weighted by molar-refractivity contribution is 0.629. The Kier molecular flexibility index (Phi) is 2.36. The van der Waals surface area contributed by atoms with Crippen LogP contribution in [0.15, 0.2) is 18.3 Å². The highest BCUT2D eigenvalue weighted by Gasteiger charge is 2.01. The van der Waals surface area contributed by atoms with E-state index >= 15 is 0 Å². The molecule has 0 bridgehead atoms. The van der Waals surface area contributed by atoms with Crippen LogP contribution in [0.1, 0.15) is 11.3 Å². The number of pyridine rings is 1. The maximum absolute atomic E-state index is 4.96. The molecule has 0 saturated heterocycles. The molecule has 72 valence electrons. The summed E-state index contributed by atoms with van der Waals surface area (Å²) >= 11 is 4.96. The van der Waals surface area contributed by atoms with Crippen LogP contribution in [0.3, 0.4) is 0 Å². The number of aryl methyl sites for hydroxylation is 1. The third kappa shape index (κ3) is 1.69. The van der Waals surface area contributed by atoms with Crippen LogP contribution >= 0.6 is 12.2 Å². The largest absolute Gasteiger partial charge is 0.259 e. The molecule has 0 aliphatic rings. The van der Waals surface area contributed by atoms with E-state index in [1.165, 1.54) is 0 Å². The summed E-state index contributed by atoms with van der Waals surface area (Å²) in [5.41, 5.74) is 2.10. The van der Waals surface area contributed by atoms with E-state index in [4.69, 9.17) is 12.2 Å². The van der Waals surface area contributed by atoms with Gasteiger partial charge in [0.15, 0.2) is 0 Å². The van der Waals surface area contributed by atoms with Gasteiger partial charge in [0.05, 0.1) is 12.2 Å². The van der Waals surface area contributed by atoms with Gasteiger partial charge >= 0.3 is 0 Å². The Balaban J connectivity index is 2.32. The Hall–Kier alpha value is -1.56. The van der Waals surface area contributed by atoms with E-state index in [0.717, 1.165) is 11.3 Å². The van der Waals surface area contributed by atoms with Crippen molar-refractivity contribution in [3.05, 3.63) is 34.4 Å². The highest BCUT2D eigenvalue weighted by molar-refractivity contribution is 7.71. The van der Waals surface area contributed by atoms with Crippen molar-refractivity contribution >= 4 is 12.2 Å². The molecule has 0 amide bonds. The molecule has 0 spiro atoms. The van der Waals surface area contributed by atoms with Crippen LogP contribution in [-0.4, -0.2) is 25.2 Å². The van der Waals surface area contributed by atoms with E-state index in [-0.39, 0.29) is 0 Å². The van der Waals surface area contributed by atoms with Gasteiger partial charge in [0.1, 0.15) is 0 Å². The summed E-state index contributed by atoms with van der Waals surface area (Å²) < 4.78 is 2.11.